The Morgan fingerprint density at radius 1 is 1.00 bits per heavy atom. The second-order valence-corrected chi connectivity index (χ2v) is 8.69. The first-order valence-corrected chi connectivity index (χ1v) is 10.5. The van der Waals surface area contributed by atoms with E-state index >= 15 is 0 Å². The van der Waals surface area contributed by atoms with Crippen molar-refractivity contribution in [1.29, 1.82) is 0 Å². The first kappa shape index (κ1) is 20.1. The number of rotatable bonds is 5. The summed E-state index contributed by atoms with van der Waals surface area (Å²) in [6.07, 6.45) is 3.86. The van der Waals surface area contributed by atoms with Crippen LogP contribution in [0.3, 0.4) is 0 Å². The zero-order valence-corrected chi connectivity index (χ0v) is 17.9. The lowest BCUT2D eigenvalue weighted by Crippen LogP contribution is -2.25. The molecule has 4 heteroatoms. The van der Waals surface area contributed by atoms with Crippen molar-refractivity contribution >= 4 is 38.9 Å². The van der Waals surface area contributed by atoms with Crippen LogP contribution in [-0.4, -0.2) is 24.8 Å². The van der Waals surface area contributed by atoms with Gasteiger partial charge in [-0.25, -0.2) is 0 Å². The van der Waals surface area contributed by atoms with Gasteiger partial charge in [0, 0.05) is 17.1 Å². The van der Waals surface area contributed by atoms with Crippen LogP contribution in [0.4, 0.5) is 5.69 Å². The number of anilines is 1. The monoisotopic (exact) mass is 400 g/mol. The number of nitrogens with zero attached hydrogens (tertiary/aromatic N) is 1. The molecule has 4 nitrogen and oxygen atoms in total. The Labute approximate surface area is 177 Å². The van der Waals surface area contributed by atoms with E-state index in [2.05, 4.69) is 84.8 Å². The molecule has 0 radical (unpaired) electrons. The molecule has 0 unspecified atom stereocenters. The van der Waals surface area contributed by atoms with Gasteiger partial charge in [-0.3, -0.25) is 9.79 Å². The van der Waals surface area contributed by atoms with Gasteiger partial charge in [0.25, 0.3) is 0 Å². The van der Waals surface area contributed by atoms with Gasteiger partial charge in [0.1, 0.15) is 6.54 Å². The van der Waals surface area contributed by atoms with Gasteiger partial charge in [-0.1, -0.05) is 44.2 Å². The number of carbonyl (C=O) groups excluding carboxylic acids is 1. The second-order valence-electron chi connectivity index (χ2n) is 8.69. The maximum atomic E-state index is 11.7. The summed E-state index contributed by atoms with van der Waals surface area (Å²) in [6, 6.07) is 19.4. The topological polar surface area (TPSA) is 50.7 Å². The zero-order chi connectivity index (χ0) is 21.1. The van der Waals surface area contributed by atoms with Crippen molar-refractivity contribution in [2.24, 2.45) is 10.4 Å². The van der Waals surface area contributed by atoms with Crippen LogP contribution >= 0.6 is 0 Å². The Morgan fingerprint density at radius 2 is 1.70 bits per heavy atom. The molecule has 1 aliphatic carbocycles. The van der Waals surface area contributed by atoms with Crippen molar-refractivity contribution in [2.45, 2.75) is 33.6 Å². The third kappa shape index (κ3) is 4.70. The predicted molar refractivity (Wildman–Crippen MR) is 125 cm³/mol. The Balaban J connectivity index is 1.59. The number of esters is 1. The maximum absolute atomic E-state index is 11.7. The molecule has 0 saturated carbocycles. The van der Waals surface area contributed by atoms with E-state index in [1.54, 1.807) is 0 Å². The molecule has 0 aliphatic heterocycles. The molecule has 3 aromatic carbocycles. The van der Waals surface area contributed by atoms with E-state index in [9.17, 15) is 4.79 Å². The van der Waals surface area contributed by atoms with Crippen LogP contribution in [0.5, 0.6) is 0 Å². The smallest absolute Gasteiger partial charge is 0.327 e. The van der Waals surface area contributed by atoms with Gasteiger partial charge >= 0.3 is 5.97 Å². The Bertz CT molecular complexity index is 1160. The van der Waals surface area contributed by atoms with Crippen molar-refractivity contribution in [3.05, 3.63) is 66.4 Å². The fraction of sp³-hybridized carbons (Fsp3) is 0.308. The second kappa shape index (κ2) is 8.31. The lowest BCUT2D eigenvalue weighted by atomic mass is 9.78. The van der Waals surface area contributed by atoms with Gasteiger partial charge in [-0.15, -0.1) is 0 Å². The highest BCUT2D eigenvalue weighted by Gasteiger charge is 2.26. The van der Waals surface area contributed by atoms with Crippen LogP contribution in [0.1, 0.15) is 33.6 Å². The Hall–Kier alpha value is -3.14. The van der Waals surface area contributed by atoms with Crippen molar-refractivity contribution < 1.29 is 9.53 Å². The molecule has 0 aromatic heterocycles. The lowest BCUT2D eigenvalue weighted by molar-refractivity contribution is -0.141. The molecule has 0 saturated heterocycles. The number of hydrogen-bond donors (Lipinski definition) is 1. The zero-order valence-electron chi connectivity index (χ0n) is 17.9. The molecule has 0 atom stereocenters. The molecule has 1 N–H and O–H groups in total. The Kier molecular flexibility index (Phi) is 5.58. The summed E-state index contributed by atoms with van der Waals surface area (Å²) in [6.45, 7) is 6.73. The van der Waals surface area contributed by atoms with Gasteiger partial charge in [-0.05, 0) is 77.1 Å². The van der Waals surface area contributed by atoms with Crippen LogP contribution in [0.25, 0.3) is 21.5 Å². The molecule has 1 aliphatic rings. The molecular formula is C26H28N2O2. The quantitative estimate of drug-likeness (QED) is 0.415. The molecule has 0 fully saturated rings. The number of nitrogens with one attached hydrogen (secondary N) is 1. The molecule has 0 bridgehead atoms. The van der Waals surface area contributed by atoms with E-state index in [-0.39, 0.29) is 17.9 Å². The molecule has 30 heavy (non-hydrogen) atoms. The van der Waals surface area contributed by atoms with E-state index in [1.165, 1.54) is 21.5 Å². The molecule has 0 heterocycles. The molecular weight excluding hydrogens is 372 g/mol. The summed E-state index contributed by atoms with van der Waals surface area (Å²) < 4.78 is 5.00. The minimum atomic E-state index is -0.280. The molecule has 3 aromatic rings. The summed E-state index contributed by atoms with van der Waals surface area (Å²) in [7, 11) is 0. The van der Waals surface area contributed by atoms with Gasteiger partial charge in [0.05, 0.1) is 6.61 Å². The summed E-state index contributed by atoms with van der Waals surface area (Å²) in [5.74, 6) is -0.280. The van der Waals surface area contributed by atoms with E-state index in [0.717, 1.165) is 29.9 Å². The normalized spacial score (nSPS) is 17.2. The lowest BCUT2D eigenvalue weighted by Gasteiger charge is -2.31. The third-order valence-corrected chi connectivity index (χ3v) is 5.40. The fourth-order valence-corrected chi connectivity index (χ4v) is 4.13. The third-order valence-electron chi connectivity index (χ3n) is 5.40. The summed E-state index contributed by atoms with van der Waals surface area (Å²) in [5, 5.41) is 8.53. The van der Waals surface area contributed by atoms with Crippen LogP contribution in [0.2, 0.25) is 0 Å². The summed E-state index contributed by atoms with van der Waals surface area (Å²) in [5.41, 5.74) is 3.20. The number of allylic oxidation sites excluding steroid dienone is 2. The van der Waals surface area contributed by atoms with Crippen molar-refractivity contribution in [1.82, 2.24) is 0 Å². The highest BCUT2D eigenvalue weighted by atomic mass is 16.5. The molecule has 4 rings (SSSR count). The number of aliphatic imine (C=N–C) groups is 1. The maximum Gasteiger partial charge on any atom is 0.327 e. The number of ether oxygens (including phenoxy) is 1. The van der Waals surface area contributed by atoms with E-state index in [4.69, 9.17) is 4.74 Å². The van der Waals surface area contributed by atoms with E-state index < -0.39 is 0 Å². The SMILES string of the molecule is CCOC(=O)CN=C1C=C(Nc2ccc3cc4ccccc4cc3c2)CC(C)(C)C1. The largest absolute Gasteiger partial charge is 0.465 e. The van der Waals surface area contributed by atoms with E-state index in [1.807, 2.05) is 6.92 Å². The molecule has 0 spiro atoms. The van der Waals surface area contributed by atoms with Gasteiger partial charge in [-0.2, -0.15) is 0 Å². The van der Waals surface area contributed by atoms with Crippen molar-refractivity contribution in [3.8, 4) is 0 Å². The number of fused-ring (bicyclic) bond motifs is 2. The standard InChI is InChI=1S/C26H28N2O2/c1-4-30-25(29)17-27-23-14-24(16-26(2,3)15-23)28-22-10-9-20-11-18-7-5-6-8-19(18)12-21(20)13-22/h5-14,28H,4,15-17H2,1-3H3. The number of carbonyl (C=O) groups is 1. The Morgan fingerprint density at radius 3 is 2.43 bits per heavy atom. The number of benzene rings is 3. The summed E-state index contributed by atoms with van der Waals surface area (Å²) >= 11 is 0. The van der Waals surface area contributed by atoms with Crippen LogP contribution in [-0.2, 0) is 9.53 Å². The molecule has 0 amide bonds. The average Bonchev–Trinajstić information content (AvgIpc) is 2.70. The van der Waals surface area contributed by atoms with E-state index in [0.29, 0.717) is 6.61 Å². The average molecular weight is 401 g/mol. The van der Waals surface area contributed by atoms with Crippen LogP contribution in [0.15, 0.2) is 71.4 Å². The minimum Gasteiger partial charge on any atom is -0.465 e. The number of hydrogen-bond acceptors (Lipinski definition) is 4. The first-order chi connectivity index (χ1) is 14.4. The first-order valence-electron chi connectivity index (χ1n) is 10.5. The predicted octanol–water partition coefficient (Wildman–Crippen LogP) is 6.11. The fourth-order valence-electron chi connectivity index (χ4n) is 4.13. The van der Waals surface area contributed by atoms with Gasteiger partial charge in [0.2, 0.25) is 0 Å². The van der Waals surface area contributed by atoms with Crippen molar-refractivity contribution in [2.75, 3.05) is 18.5 Å². The summed E-state index contributed by atoms with van der Waals surface area (Å²) in [4.78, 5) is 16.2. The van der Waals surface area contributed by atoms with Crippen LogP contribution in [0, 0.1) is 5.41 Å². The van der Waals surface area contributed by atoms with Gasteiger partial charge < -0.3 is 10.1 Å². The molecule has 154 valence electrons. The van der Waals surface area contributed by atoms with Gasteiger partial charge in [0.15, 0.2) is 0 Å². The van der Waals surface area contributed by atoms with Crippen molar-refractivity contribution in [3.63, 3.8) is 0 Å². The van der Waals surface area contributed by atoms with Crippen LogP contribution < -0.4 is 5.32 Å². The highest BCUT2D eigenvalue weighted by molar-refractivity contribution is 6.00. The minimum absolute atomic E-state index is 0.0755. The highest BCUT2D eigenvalue weighted by Crippen LogP contribution is 2.35.